The Bertz CT molecular complexity index is 126. The van der Waals surface area contributed by atoms with Gasteiger partial charge in [0, 0.05) is 0 Å². The van der Waals surface area contributed by atoms with E-state index in [1.54, 1.807) is 0 Å². The molecule has 3 nitrogen and oxygen atoms in total. The van der Waals surface area contributed by atoms with Crippen molar-refractivity contribution in [2.75, 3.05) is 19.6 Å². The largest absolute Gasteiger partial charge is 0.451 e. The number of unbranched alkanes of at least 4 members (excludes halogenated alkanes) is 2. The summed E-state index contributed by atoms with van der Waals surface area (Å²) < 4.78 is 0. The van der Waals surface area contributed by atoms with Gasteiger partial charge >= 0.3 is 7.12 Å². The molecule has 15 heavy (non-hydrogen) atoms. The van der Waals surface area contributed by atoms with Crippen molar-refractivity contribution in [1.29, 1.82) is 0 Å². The van der Waals surface area contributed by atoms with Crippen molar-refractivity contribution in [2.24, 2.45) is 0 Å². The molecular formula is C11H26BNO2. The molecule has 90 valence electrons. The first-order valence-electron chi connectivity index (χ1n) is 6.29. The van der Waals surface area contributed by atoms with Crippen LogP contribution in [0.3, 0.4) is 0 Å². The van der Waals surface area contributed by atoms with Gasteiger partial charge in [0.05, 0.1) is 0 Å². The van der Waals surface area contributed by atoms with E-state index >= 15 is 0 Å². The summed E-state index contributed by atoms with van der Waals surface area (Å²) in [4.78, 5) is 2.44. The monoisotopic (exact) mass is 215 g/mol. The lowest BCUT2D eigenvalue weighted by Gasteiger charge is -2.21. The van der Waals surface area contributed by atoms with Crippen molar-refractivity contribution < 1.29 is 10.0 Å². The maximum Gasteiger partial charge on any atom is 0.451 e. The number of hydrogen-bond donors (Lipinski definition) is 2. The molecule has 0 saturated heterocycles. The van der Waals surface area contributed by atoms with E-state index in [2.05, 4.69) is 18.7 Å². The van der Waals surface area contributed by atoms with Crippen molar-refractivity contribution in [3.05, 3.63) is 0 Å². The first kappa shape index (κ1) is 14.9. The van der Waals surface area contributed by atoms with Crippen LogP contribution in [0.5, 0.6) is 0 Å². The zero-order chi connectivity index (χ0) is 11.5. The topological polar surface area (TPSA) is 43.7 Å². The average molecular weight is 215 g/mol. The molecule has 0 bridgehead atoms. The van der Waals surface area contributed by atoms with E-state index < -0.39 is 7.12 Å². The van der Waals surface area contributed by atoms with Gasteiger partial charge in [-0.25, -0.2) is 0 Å². The predicted octanol–water partition coefficient (Wildman–Crippen LogP) is 1.75. The second-order valence-electron chi connectivity index (χ2n) is 4.17. The summed E-state index contributed by atoms with van der Waals surface area (Å²) in [5.74, 6) is 0. The third-order valence-electron chi connectivity index (χ3n) is 2.59. The second kappa shape index (κ2) is 10.5. The molecule has 4 heteroatoms. The van der Waals surface area contributed by atoms with Crippen LogP contribution in [0, 0.1) is 0 Å². The van der Waals surface area contributed by atoms with E-state index in [0.29, 0.717) is 6.32 Å². The lowest BCUT2D eigenvalue weighted by molar-refractivity contribution is 0.263. The molecule has 0 aliphatic carbocycles. The molecule has 0 heterocycles. The molecule has 0 aliphatic heterocycles. The minimum absolute atomic E-state index is 0.495. The molecular weight excluding hydrogens is 189 g/mol. The van der Waals surface area contributed by atoms with Crippen LogP contribution >= 0.6 is 0 Å². The highest BCUT2D eigenvalue weighted by atomic mass is 16.4. The van der Waals surface area contributed by atoms with E-state index in [-0.39, 0.29) is 0 Å². The maximum absolute atomic E-state index is 8.75. The SMILES string of the molecule is CCCCN(CCCC)CCCB(O)O. The third-order valence-corrected chi connectivity index (χ3v) is 2.59. The zero-order valence-electron chi connectivity index (χ0n) is 10.3. The van der Waals surface area contributed by atoms with Gasteiger partial charge < -0.3 is 14.9 Å². The second-order valence-corrected chi connectivity index (χ2v) is 4.17. The zero-order valence-corrected chi connectivity index (χ0v) is 10.3. The van der Waals surface area contributed by atoms with Gasteiger partial charge in [0.2, 0.25) is 0 Å². The van der Waals surface area contributed by atoms with E-state index in [9.17, 15) is 0 Å². The van der Waals surface area contributed by atoms with Crippen LogP contribution in [0.2, 0.25) is 6.32 Å². The molecule has 0 radical (unpaired) electrons. The van der Waals surface area contributed by atoms with Crippen LogP contribution in [0.15, 0.2) is 0 Å². The van der Waals surface area contributed by atoms with E-state index in [1.165, 1.54) is 25.7 Å². The molecule has 0 unspecified atom stereocenters. The third kappa shape index (κ3) is 10.2. The fourth-order valence-electron chi connectivity index (χ4n) is 1.60. The van der Waals surface area contributed by atoms with Crippen LogP contribution in [-0.2, 0) is 0 Å². The van der Waals surface area contributed by atoms with Crippen molar-refractivity contribution in [2.45, 2.75) is 52.3 Å². The fourth-order valence-corrected chi connectivity index (χ4v) is 1.60. The van der Waals surface area contributed by atoms with Gasteiger partial charge in [-0.3, -0.25) is 0 Å². The molecule has 0 saturated carbocycles. The Kier molecular flexibility index (Phi) is 10.4. The number of rotatable bonds is 10. The minimum Gasteiger partial charge on any atom is -0.427 e. The quantitative estimate of drug-likeness (QED) is 0.545. The van der Waals surface area contributed by atoms with Gasteiger partial charge in [-0.2, -0.15) is 0 Å². The van der Waals surface area contributed by atoms with Crippen molar-refractivity contribution in [1.82, 2.24) is 4.90 Å². The Labute approximate surface area is 94.6 Å². The summed E-state index contributed by atoms with van der Waals surface area (Å²) in [6, 6.07) is 0. The molecule has 2 N–H and O–H groups in total. The Balaban J connectivity index is 3.58. The summed E-state index contributed by atoms with van der Waals surface area (Å²) in [5.41, 5.74) is 0. The first-order chi connectivity index (χ1) is 7.20. The molecule has 0 aromatic rings. The van der Waals surface area contributed by atoms with Gasteiger partial charge in [-0.1, -0.05) is 26.7 Å². The number of hydrogen-bond acceptors (Lipinski definition) is 3. The lowest BCUT2D eigenvalue weighted by Crippen LogP contribution is -2.28. The number of nitrogens with zero attached hydrogens (tertiary/aromatic N) is 1. The molecule has 0 aromatic carbocycles. The normalized spacial score (nSPS) is 11.0. The van der Waals surface area contributed by atoms with Gasteiger partial charge in [0.25, 0.3) is 0 Å². The van der Waals surface area contributed by atoms with Crippen LogP contribution in [0.4, 0.5) is 0 Å². The molecule has 0 atom stereocenters. The summed E-state index contributed by atoms with van der Waals surface area (Å²) in [6.07, 6.45) is 6.31. The van der Waals surface area contributed by atoms with Gasteiger partial charge in [-0.15, -0.1) is 0 Å². The van der Waals surface area contributed by atoms with Gasteiger partial charge in [-0.05, 0) is 45.2 Å². The van der Waals surface area contributed by atoms with E-state index in [4.69, 9.17) is 10.0 Å². The Morgan fingerprint density at radius 3 is 1.73 bits per heavy atom. The fraction of sp³-hybridized carbons (Fsp3) is 1.00. The smallest absolute Gasteiger partial charge is 0.427 e. The standard InChI is InChI=1S/C11H26BNO2/c1-3-5-9-13(10-6-4-2)11-7-8-12(14)15/h14-15H,3-11H2,1-2H3. The minimum atomic E-state index is -1.13. The van der Waals surface area contributed by atoms with E-state index in [1.807, 2.05) is 0 Å². The average Bonchev–Trinajstić information content (AvgIpc) is 2.20. The lowest BCUT2D eigenvalue weighted by atomic mass is 9.84. The molecule has 0 fully saturated rings. The highest BCUT2D eigenvalue weighted by molar-refractivity contribution is 6.40. The van der Waals surface area contributed by atoms with E-state index in [0.717, 1.165) is 26.1 Å². The summed E-state index contributed by atoms with van der Waals surface area (Å²) in [6.45, 7) is 7.71. The summed E-state index contributed by atoms with van der Waals surface area (Å²) in [5, 5.41) is 17.5. The highest BCUT2D eigenvalue weighted by Crippen LogP contribution is 2.02. The highest BCUT2D eigenvalue weighted by Gasteiger charge is 2.08. The maximum atomic E-state index is 8.75. The van der Waals surface area contributed by atoms with Crippen molar-refractivity contribution in [3.63, 3.8) is 0 Å². The molecule has 0 amide bonds. The van der Waals surface area contributed by atoms with Crippen LogP contribution in [-0.4, -0.2) is 41.7 Å². The molecule has 0 aromatic heterocycles. The van der Waals surface area contributed by atoms with Gasteiger partial charge in [0.15, 0.2) is 0 Å². The van der Waals surface area contributed by atoms with Crippen LogP contribution < -0.4 is 0 Å². The predicted molar refractivity (Wildman–Crippen MR) is 65.9 cm³/mol. The molecule has 0 aliphatic rings. The Hall–Kier alpha value is -0.0551. The Morgan fingerprint density at radius 2 is 1.33 bits per heavy atom. The van der Waals surface area contributed by atoms with Crippen molar-refractivity contribution >= 4 is 7.12 Å². The van der Waals surface area contributed by atoms with Gasteiger partial charge in [0.1, 0.15) is 0 Å². The Morgan fingerprint density at radius 1 is 0.867 bits per heavy atom. The summed E-state index contributed by atoms with van der Waals surface area (Å²) in [7, 11) is -1.13. The molecule has 0 rings (SSSR count). The molecule has 0 spiro atoms. The van der Waals surface area contributed by atoms with Crippen LogP contribution in [0.1, 0.15) is 46.0 Å². The first-order valence-corrected chi connectivity index (χ1v) is 6.29. The summed E-state index contributed by atoms with van der Waals surface area (Å²) >= 11 is 0. The van der Waals surface area contributed by atoms with Crippen molar-refractivity contribution in [3.8, 4) is 0 Å². The van der Waals surface area contributed by atoms with Crippen LogP contribution in [0.25, 0.3) is 0 Å².